The first-order chi connectivity index (χ1) is 10.8. The van der Waals surface area contributed by atoms with Gasteiger partial charge in [-0.05, 0) is 0 Å². The maximum atomic E-state index is 10.00. The van der Waals surface area contributed by atoms with E-state index in [-0.39, 0.29) is 0 Å². The number of hydrogen-bond donors (Lipinski definition) is 8. The zero-order chi connectivity index (χ0) is 17.4. The van der Waals surface area contributed by atoms with E-state index in [0.29, 0.717) is 0 Å². The fourth-order valence-electron chi connectivity index (χ4n) is 2.63. The van der Waals surface area contributed by atoms with Crippen LogP contribution in [0.4, 0.5) is 0 Å². The zero-order valence-electron chi connectivity index (χ0n) is 12.0. The molecule has 0 bridgehead atoms. The average molecular weight is 342 g/mol. The first-order valence-corrected chi connectivity index (χ1v) is 7.05. The minimum absolute atomic E-state index is 0.668. The molecule has 0 spiro atoms. The van der Waals surface area contributed by atoms with Crippen LogP contribution in [0.3, 0.4) is 0 Å². The molecule has 0 aliphatic carbocycles. The second kappa shape index (κ2) is 7.21. The van der Waals surface area contributed by atoms with Gasteiger partial charge in [0.05, 0.1) is 19.8 Å². The molecule has 8 N–H and O–H groups in total. The van der Waals surface area contributed by atoms with Crippen molar-refractivity contribution < 1.29 is 55.1 Å². The predicted octanol–water partition coefficient (Wildman–Crippen LogP) is -5.40. The highest BCUT2D eigenvalue weighted by Crippen LogP contribution is 2.33. The fraction of sp³-hybridized carbons (Fsp3) is 1.00. The van der Waals surface area contributed by atoms with Gasteiger partial charge in [-0.25, -0.2) is 0 Å². The molecule has 2 fully saturated rings. The van der Waals surface area contributed by atoms with E-state index >= 15 is 0 Å². The largest absolute Gasteiger partial charge is 0.394 e. The van der Waals surface area contributed by atoms with Gasteiger partial charge in [0.1, 0.15) is 42.7 Å². The average Bonchev–Trinajstić information content (AvgIpc) is 2.80. The lowest BCUT2D eigenvalue weighted by Gasteiger charge is -2.41. The maximum absolute atomic E-state index is 10.00. The standard InChI is InChI=1S/C12H22O11/c13-1-4-6(16)7(17)8(18)11(21-4)22-9-5(2-14)23-12(20,3-15)10(9)19/h4-11,13-20H,1-3H2/t4?,5?,6?,7?,8?,9-,10?,11?,12-/m0/s1. The highest BCUT2D eigenvalue weighted by molar-refractivity contribution is 4.98. The molecule has 7 unspecified atom stereocenters. The molecule has 2 aliphatic rings. The van der Waals surface area contributed by atoms with Crippen LogP contribution in [-0.2, 0) is 14.2 Å². The molecule has 0 aromatic heterocycles. The summed E-state index contributed by atoms with van der Waals surface area (Å²) in [4.78, 5) is 0. The smallest absolute Gasteiger partial charge is 0.219 e. The Balaban J connectivity index is 2.13. The summed E-state index contributed by atoms with van der Waals surface area (Å²) in [7, 11) is 0. The van der Waals surface area contributed by atoms with Crippen molar-refractivity contribution in [1.29, 1.82) is 0 Å². The van der Waals surface area contributed by atoms with Crippen molar-refractivity contribution in [3.05, 3.63) is 0 Å². The summed E-state index contributed by atoms with van der Waals surface area (Å²) in [6.07, 6.45) is -12.2. The molecule has 11 nitrogen and oxygen atoms in total. The lowest BCUT2D eigenvalue weighted by molar-refractivity contribution is -0.318. The van der Waals surface area contributed by atoms with Gasteiger partial charge in [-0.15, -0.1) is 0 Å². The van der Waals surface area contributed by atoms with Crippen molar-refractivity contribution in [2.75, 3.05) is 19.8 Å². The van der Waals surface area contributed by atoms with Crippen molar-refractivity contribution in [2.24, 2.45) is 0 Å². The van der Waals surface area contributed by atoms with Gasteiger partial charge in [-0.2, -0.15) is 0 Å². The van der Waals surface area contributed by atoms with Crippen LogP contribution in [0.2, 0.25) is 0 Å². The summed E-state index contributed by atoms with van der Waals surface area (Å²) in [6, 6.07) is 0. The molecule has 0 radical (unpaired) electrons. The Labute approximate surface area is 130 Å². The molecule has 0 saturated carbocycles. The Morgan fingerprint density at radius 3 is 2.00 bits per heavy atom. The van der Waals surface area contributed by atoms with Gasteiger partial charge >= 0.3 is 0 Å². The number of aliphatic hydroxyl groups is 8. The molecule has 11 heteroatoms. The molecule has 136 valence electrons. The van der Waals surface area contributed by atoms with Crippen molar-refractivity contribution >= 4 is 0 Å². The number of aliphatic hydroxyl groups excluding tert-OH is 7. The van der Waals surface area contributed by atoms with Gasteiger partial charge in [0, 0.05) is 0 Å². The van der Waals surface area contributed by atoms with Gasteiger partial charge in [0.2, 0.25) is 5.79 Å². The van der Waals surface area contributed by atoms with Crippen LogP contribution < -0.4 is 0 Å². The summed E-state index contributed by atoms with van der Waals surface area (Å²) in [5, 5.41) is 76.5. The van der Waals surface area contributed by atoms with Crippen molar-refractivity contribution in [2.45, 2.75) is 54.8 Å². The Morgan fingerprint density at radius 1 is 0.870 bits per heavy atom. The normalized spacial score (nSPS) is 51.1. The van der Waals surface area contributed by atoms with Crippen molar-refractivity contribution in [1.82, 2.24) is 0 Å². The van der Waals surface area contributed by atoms with Crippen LogP contribution in [0, 0.1) is 0 Å². The third-order valence-corrected chi connectivity index (χ3v) is 4.04. The van der Waals surface area contributed by atoms with Crippen LogP contribution in [-0.4, -0.2) is 115 Å². The third-order valence-electron chi connectivity index (χ3n) is 4.04. The van der Waals surface area contributed by atoms with Gasteiger partial charge in [-0.1, -0.05) is 0 Å². The molecule has 0 aromatic rings. The molecule has 2 heterocycles. The Bertz CT molecular complexity index is 393. The van der Waals surface area contributed by atoms with E-state index in [1.165, 1.54) is 0 Å². The lowest BCUT2D eigenvalue weighted by atomic mass is 9.99. The van der Waals surface area contributed by atoms with Crippen LogP contribution in [0.15, 0.2) is 0 Å². The van der Waals surface area contributed by atoms with Gasteiger partial charge in [0.15, 0.2) is 6.29 Å². The van der Waals surface area contributed by atoms with E-state index in [1.54, 1.807) is 0 Å². The van der Waals surface area contributed by atoms with Gasteiger partial charge in [0.25, 0.3) is 0 Å². The number of rotatable bonds is 5. The maximum Gasteiger partial charge on any atom is 0.219 e. The first kappa shape index (κ1) is 18.9. The van der Waals surface area contributed by atoms with E-state index in [4.69, 9.17) is 24.4 Å². The van der Waals surface area contributed by atoms with Crippen LogP contribution in [0.25, 0.3) is 0 Å². The first-order valence-electron chi connectivity index (χ1n) is 7.05. The second-order valence-corrected chi connectivity index (χ2v) is 5.58. The molecule has 2 saturated heterocycles. The number of hydrogen-bond acceptors (Lipinski definition) is 11. The summed E-state index contributed by atoms with van der Waals surface area (Å²) < 4.78 is 15.3. The Hall–Kier alpha value is -0.440. The lowest BCUT2D eigenvalue weighted by Crippen LogP contribution is -2.60. The zero-order valence-corrected chi connectivity index (χ0v) is 12.0. The van der Waals surface area contributed by atoms with Crippen LogP contribution in [0.1, 0.15) is 0 Å². The van der Waals surface area contributed by atoms with Gasteiger partial charge < -0.3 is 55.1 Å². The third kappa shape index (κ3) is 3.36. The van der Waals surface area contributed by atoms with E-state index in [1.807, 2.05) is 0 Å². The molecule has 9 atom stereocenters. The van der Waals surface area contributed by atoms with Crippen LogP contribution in [0.5, 0.6) is 0 Å². The highest BCUT2D eigenvalue weighted by atomic mass is 16.7. The van der Waals surface area contributed by atoms with E-state index in [9.17, 15) is 30.6 Å². The summed E-state index contributed by atoms with van der Waals surface area (Å²) >= 11 is 0. The second-order valence-electron chi connectivity index (χ2n) is 5.58. The summed E-state index contributed by atoms with van der Waals surface area (Å²) in [5.74, 6) is -2.37. The predicted molar refractivity (Wildman–Crippen MR) is 68.6 cm³/mol. The van der Waals surface area contributed by atoms with E-state index < -0.39 is 74.6 Å². The monoisotopic (exact) mass is 342 g/mol. The highest BCUT2D eigenvalue weighted by Gasteiger charge is 2.56. The SMILES string of the molecule is OCC1OC(O[C@H]2C(CO)O[C@@](O)(CO)C2O)C(O)C(O)C1O. The van der Waals surface area contributed by atoms with Crippen molar-refractivity contribution in [3.8, 4) is 0 Å². The number of ether oxygens (including phenoxy) is 3. The minimum atomic E-state index is -2.37. The molecule has 23 heavy (non-hydrogen) atoms. The van der Waals surface area contributed by atoms with E-state index in [2.05, 4.69) is 0 Å². The molecular weight excluding hydrogens is 320 g/mol. The molecule has 2 aliphatic heterocycles. The molecule has 0 aromatic carbocycles. The van der Waals surface area contributed by atoms with E-state index in [0.717, 1.165) is 0 Å². The molecule has 0 amide bonds. The quantitative estimate of drug-likeness (QED) is 0.238. The van der Waals surface area contributed by atoms with Crippen LogP contribution >= 0.6 is 0 Å². The Morgan fingerprint density at radius 2 is 1.48 bits per heavy atom. The van der Waals surface area contributed by atoms with Gasteiger partial charge in [-0.3, -0.25) is 0 Å². The fourth-order valence-corrected chi connectivity index (χ4v) is 2.63. The van der Waals surface area contributed by atoms with Crippen molar-refractivity contribution in [3.63, 3.8) is 0 Å². The molecular formula is C12H22O11. The Kier molecular flexibility index (Phi) is 5.92. The topological polar surface area (TPSA) is 190 Å². The minimum Gasteiger partial charge on any atom is -0.394 e. The summed E-state index contributed by atoms with van der Waals surface area (Å²) in [5.41, 5.74) is 0. The molecule has 2 rings (SSSR count). The summed E-state index contributed by atoms with van der Waals surface area (Å²) in [6.45, 7) is -2.32.